The van der Waals surface area contributed by atoms with Gasteiger partial charge in [-0.15, -0.1) is 0 Å². The molecule has 0 atom stereocenters. The lowest BCUT2D eigenvalue weighted by atomic mass is 9.54. The molecule has 106 valence electrons. The molecule has 5 rings (SSSR count). The van der Waals surface area contributed by atoms with E-state index < -0.39 is 0 Å². The Morgan fingerprint density at radius 2 is 1.60 bits per heavy atom. The van der Waals surface area contributed by atoms with Crippen molar-refractivity contribution in [1.29, 1.82) is 0 Å². The van der Waals surface area contributed by atoms with Crippen molar-refractivity contribution in [3.63, 3.8) is 0 Å². The third kappa shape index (κ3) is 1.97. The van der Waals surface area contributed by atoms with Crippen LogP contribution in [0.1, 0.15) is 48.0 Å². The van der Waals surface area contributed by atoms with Gasteiger partial charge in [0.1, 0.15) is 0 Å². The fraction of sp³-hybridized carbons (Fsp3) is 0.611. The Morgan fingerprint density at radius 1 is 1.00 bits per heavy atom. The van der Waals surface area contributed by atoms with Crippen LogP contribution < -0.4 is 5.32 Å². The Labute approximate surface area is 121 Å². The average Bonchev–Trinajstić information content (AvgIpc) is 2.42. The molecule has 1 N–H and O–H groups in total. The minimum absolute atomic E-state index is 0.139. The Bertz CT molecular complexity index is 508. The lowest BCUT2D eigenvalue weighted by Crippen LogP contribution is -2.55. The molecule has 0 heterocycles. The lowest BCUT2D eigenvalue weighted by molar-refractivity contribution is -0.0119. The number of carbonyl (C=O) groups is 1. The first-order valence-corrected chi connectivity index (χ1v) is 8.07. The minimum Gasteiger partial charge on any atom is -0.349 e. The summed E-state index contributed by atoms with van der Waals surface area (Å²) >= 11 is 0. The minimum atomic E-state index is 0.139. The van der Waals surface area contributed by atoms with Crippen molar-refractivity contribution >= 4 is 5.91 Å². The number of nitrogens with one attached hydrogen (secondary N) is 1. The van der Waals surface area contributed by atoms with Gasteiger partial charge in [-0.2, -0.15) is 0 Å². The molecule has 0 radical (unpaired) electrons. The largest absolute Gasteiger partial charge is 0.349 e. The number of hydrogen-bond acceptors (Lipinski definition) is 1. The van der Waals surface area contributed by atoms with E-state index in [0.717, 1.165) is 34.8 Å². The van der Waals surface area contributed by atoms with Gasteiger partial charge in [-0.3, -0.25) is 4.79 Å². The third-order valence-electron chi connectivity index (χ3n) is 5.91. The maximum atomic E-state index is 12.5. The third-order valence-corrected chi connectivity index (χ3v) is 5.91. The summed E-state index contributed by atoms with van der Waals surface area (Å²) in [6, 6.07) is 8.36. The quantitative estimate of drug-likeness (QED) is 0.874. The molecule has 1 aromatic rings. The lowest BCUT2D eigenvalue weighted by Gasteiger charge is -2.54. The number of rotatable bonds is 2. The van der Waals surface area contributed by atoms with Crippen molar-refractivity contribution in [2.45, 2.75) is 45.1 Å². The van der Waals surface area contributed by atoms with E-state index in [1.165, 1.54) is 32.1 Å². The second-order valence-corrected chi connectivity index (χ2v) is 7.24. The molecule has 2 nitrogen and oxygen atoms in total. The normalized spacial score (nSPS) is 38.0. The highest BCUT2D eigenvalue weighted by atomic mass is 16.1. The summed E-state index contributed by atoms with van der Waals surface area (Å²) in [5.74, 6) is 3.56. The number of hydrogen-bond donors (Lipinski definition) is 1. The number of benzene rings is 1. The number of carbonyl (C=O) groups excluding carboxylic acids is 1. The molecule has 1 aromatic carbocycles. The Morgan fingerprint density at radius 3 is 2.20 bits per heavy atom. The molecule has 4 aliphatic rings. The summed E-state index contributed by atoms with van der Waals surface area (Å²) in [4.78, 5) is 12.5. The molecule has 0 saturated heterocycles. The summed E-state index contributed by atoms with van der Waals surface area (Å²) in [5, 5.41) is 3.38. The first kappa shape index (κ1) is 12.4. The van der Waals surface area contributed by atoms with E-state index in [9.17, 15) is 4.79 Å². The molecular weight excluding hydrogens is 246 g/mol. The molecule has 0 unspecified atom stereocenters. The van der Waals surface area contributed by atoms with Gasteiger partial charge >= 0.3 is 0 Å². The van der Waals surface area contributed by atoms with Gasteiger partial charge in [0.05, 0.1) is 0 Å². The first-order valence-electron chi connectivity index (χ1n) is 8.07. The molecule has 4 bridgehead atoms. The molecule has 0 spiro atoms. The maximum Gasteiger partial charge on any atom is 0.251 e. The molecule has 0 aromatic heterocycles. The van der Waals surface area contributed by atoms with E-state index in [1.54, 1.807) is 0 Å². The van der Waals surface area contributed by atoms with Crippen molar-refractivity contribution in [1.82, 2.24) is 5.32 Å². The molecule has 4 aliphatic carbocycles. The zero-order valence-corrected chi connectivity index (χ0v) is 12.1. The van der Waals surface area contributed by atoms with Gasteiger partial charge in [-0.05, 0) is 74.3 Å². The van der Waals surface area contributed by atoms with Crippen LogP contribution in [0.2, 0.25) is 0 Å². The Kier molecular flexibility index (Phi) is 2.87. The second-order valence-electron chi connectivity index (χ2n) is 7.24. The van der Waals surface area contributed by atoms with Crippen LogP contribution in [0.25, 0.3) is 0 Å². The average molecular weight is 269 g/mol. The highest BCUT2D eigenvalue weighted by molar-refractivity contribution is 5.95. The van der Waals surface area contributed by atoms with Crippen molar-refractivity contribution in [2.24, 2.45) is 23.7 Å². The maximum absolute atomic E-state index is 12.5. The molecule has 4 saturated carbocycles. The monoisotopic (exact) mass is 269 g/mol. The van der Waals surface area contributed by atoms with Gasteiger partial charge in [-0.1, -0.05) is 18.2 Å². The van der Waals surface area contributed by atoms with E-state index in [-0.39, 0.29) is 5.91 Å². The number of amides is 1. The topological polar surface area (TPSA) is 29.1 Å². The van der Waals surface area contributed by atoms with Crippen molar-refractivity contribution in [3.8, 4) is 0 Å². The van der Waals surface area contributed by atoms with Crippen LogP contribution in [0.3, 0.4) is 0 Å². The van der Waals surface area contributed by atoms with Gasteiger partial charge in [0, 0.05) is 11.6 Å². The van der Waals surface area contributed by atoms with Gasteiger partial charge < -0.3 is 5.32 Å². The summed E-state index contributed by atoms with van der Waals surface area (Å²) in [7, 11) is 0. The van der Waals surface area contributed by atoms with Crippen LogP contribution in [-0.2, 0) is 0 Å². The molecule has 2 heteroatoms. The van der Waals surface area contributed by atoms with Crippen LogP contribution in [0.4, 0.5) is 0 Å². The van der Waals surface area contributed by atoms with Gasteiger partial charge in [-0.25, -0.2) is 0 Å². The smallest absolute Gasteiger partial charge is 0.251 e. The summed E-state index contributed by atoms with van der Waals surface area (Å²) < 4.78 is 0. The van der Waals surface area contributed by atoms with Crippen LogP contribution in [0.5, 0.6) is 0 Å². The zero-order valence-electron chi connectivity index (χ0n) is 12.1. The van der Waals surface area contributed by atoms with Crippen molar-refractivity contribution < 1.29 is 4.79 Å². The summed E-state index contributed by atoms with van der Waals surface area (Å²) in [5.41, 5.74) is 1.93. The van der Waals surface area contributed by atoms with Gasteiger partial charge in [0.2, 0.25) is 0 Å². The standard InChI is InChI=1S/C18H23NO/c1-11-4-2-3-5-16(11)18(20)19-17-14-7-12-6-13(9-14)10-15(17)8-12/h2-5,12-15,17H,6-10H2,1H3,(H,19,20)/t12-,13+,14-,15+,17?. The van der Waals surface area contributed by atoms with E-state index >= 15 is 0 Å². The molecule has 20 heavy (non-hydrogen) atoms. The first-order chi connectivity index (χ1) is 9.70. The molecular formula is C18H23NO. The molecule has 1 amide bonds. The predicted molar refractivity (Wildman–Crippen MR) is 79.5 cm³/mol. The van der Waals surface area contributed by atoms with E-state index in [2.05, 4.69) is 5.32 Å². The fourth-order valence-electron chi connectivity index (χ4n) is 5.22. The second kappa shape index (κ2) is 4.61. The Balaban J connectivity index is 1.52. The summed E-state index contributed by atoms with van der Waals surface area (Å²) in [6.07, 6.45) is 6.88. The van der Waals surface area contributed by atoms with Crippen molar-refractivity contribution in [3.05, 3.63) is 35.4 Å². The molecule has 4 fully saturated rings. The predicted octanol–water partition coefficient (Wildman–Crippen LogP) is 3.55. The van der Waals surface area contributed by atoms with Crippen LogP contribution >= 0.6 is 0 Å². The van der Waals surface area contributed by atoms with Crippen LogP contribution in [-0.4, -0.2) is 11.9 Å². The summed E-state index contributed by atoms with van der Waals surface area (Å²) in [6.45, 7) is 2.02. The van der Waals surface area contributed by atoms with Gasteiger partial charge in [0.25, 0.3) is 5.91 Å². The SMILES string of the molecule is Cc1ccccc1C(=O)NC1[C@H]2C[C@@H]3C[C@@H](C[C@H]1C3)C2. The van der Waals surface area contributed by atoms with E-state index in [1.807, 2.05) is 31.2 Å². The Hall–Kier alpha value is -1.31. The van der Waals surface area contributed by atoms with E-state index in [0.29, 0.717) is 6.04 Å². The van der Waals surface area contributed by atoms with Gasteiger partial charge in [0.15, 0.2) is 0 Å². The highest BCUT2D eigenvalue weighted by Gasteiger charge is 2.48. The van der Waals surface area contributed by atoms with Crippen LogP contribution in [0.15, 0.2) is 24.3 Å². The zero-order chi connectivity index (χ0) is 13.7. The molecule has 0 aliphatic heterocycles. The van der Waals surface area contributed by atoms with Crippen molar-refractivity contribution in [2.75, 3.05) is 0 Å². The van der Waals surface area contributed by atoms with E-state index in [4.69, 9.17) is 0 Å². The van der Waals surface area contributed by atoms with Crippen LogP contribution in [0, 0.1) is 30.6 Å². The highest BCUT2D eigenvalue weighted by Crippen LogP contribution is 2.53. The number of aryl methyl sites for hydroxylation is 1. The fourth-order valence-corrected chi connectivity index (χ4v) is 5.22.